The molecule has 1 atom stereocenters. The van der Waals surface area contributed by atoms with Crippen LogP contribution in [0, 0.1) is 11.8 Å². The van der Waals surface area contributed by atoms with Crippen LogP contribution in [-0.2, 0) is 4.79 Å². The molecule has 0 amide bonds. The van der Waals surface area contributed by atoms with E-state index in [1.165, 1.54) is 0 Å². The lowest BCUT2D eigenvalue weighted by Crippen LogP contribution is -2.25. The Morgan fingerprint density at radius 2 is 1.93 bits per heavy atom. The van der Waals surface area contributed by atoms with E-state index in [1.807, 2.05) is 0 Å². The number of rotatable bonds is 8. The Kier molecular flexibility index (Phi) is 7.71. The third-order valence-corrected chi connectivity index (χ3v) is 2.59. The summed E-state index contributed by atoms with van der Waals surface area (Å²) >= 11 is 0. The van der Waals surface area contributed by atoms with Gasteiger partial charge in [-0.15, -0.1) is 0 Å². The van der Waals surface area contributed by atoms with Crippen molar-refractivity contribution in [2.45, 2.75) is 33.6 Å². The summed E-state index contributed by atoms with van der Waals surface area (Å²) in [6.07, 6.45) is 1.35. The fourth-order valence-corrected chi connectivity index (χ4v) is 1.15. The summed E-state index contributed by atoms with van der Waals surface area (Å²) in [5.41, 5.74) is 5.32. The highest BCUT2D eigenvalue weighted by molar-refractivity contribution is 5.78. The first-order valence-corrected chi connectivity index (χ1v) is 5.50. The Morgan fingerprint density at radius 3 is 2.43 bits per heavy atom. The zero-order chi connectivity index (χ0) is 11.0. The van der Waals surface area contributed by atoms with E-state index >= 15 is 0 Å². The number of hydrogen-bond donors (Lipinski definition) is 2. The second-order valence-electron chi connectivity index (χ2n) is 4.25. The van der Waals surface area contributed by atoms with E-state index in [1.54, 1.807) is 0 Å². The van der Waals surface area contributed by atoms with Crippen LogP contribution in [0.1, 0.15) is 33.6 Å². The van der Waals surface area contributed by atoms with E-state index in [9.17, 15) is 4.79 Å². The maximum absolute atomic E-state index is 11.4. The minimum Gasteiger partial charge on any atom is -0.329 e. The molecule has 0 saturated carbocycles. The molecule has 84 valence electrons. The summed E-state index contributed by atoms with van der Waals surface area (Å²) in [5, 5.41) is 3.12. The van der Waals surface area contributed by atoms with Gasteiger partial charge in [-0.2, -0.15) is 0 Å². The molecule has 0 rings (SSSR count). The van der Waals surface area contributed by atoms with Crippen LogP contribution in [0.4, 0.5) is 0 Å². The van der Waals surface area contributed by atoms with Crippen LogP contribution in [0.5, 0.6) is 0 Å². The molecule has 0 bridgehead atoms. The number of carbonyl (C=O) groups is 1. The Balaban J connectivity index is 3.45. The highest BCUT2D eigenvalue weighted by Crippen LogP contribution is 2.14. The number of Topliss-reactive ketones (excluding diaryl/α,β-unsaturated/α-hetero) is 1. The molecule has 0 aliphatic heterocycles. The van der Waals surface area contributed by atoms with Crippen molar-refractivity contribution in [1.29, 1.82) is 0 Å². The van der Waals surface area contributed by atoms with Gasteiger partial charge in [-0.1, -0.05) is 20.8 Å². The van der Waals surface area contributed by atoms with Gasteiger partial charge in [0.05, 0.1) is 0 Å². The molecule has 0 aromatic carbocycles. The van der Waals surface area contributed by atoms with Crippen LogP contribution in [0.25, 0.3) is 0 Å². The second kappa shape index (κ2) is 7.94. The average molecular weight is 200 g/mol. The van der Waals surface area contributed by atoms with Gasteiger partial charge in [0.25, 0.3) is 0 Å². The third-order valence-electron chi connectivity index (χ3n) is 2.59. The highest BCUT2D eigenvalue weighted by Gasteiger charge is 2.11. The van der Waals surface area contributed by atoms with Gasteiger partial charge in [-0.05, 0) is 11.8 Å². The first kappa shape index (κ1) is 13.6. The summed E-state index contributed by atoms with van der Waals surface area (Å²) in [7, 11) is 0. The minimum atomic E-state index is 0.357. The monoisotopic (exact) mass is 200 g/mol. The van der Waals surface area contributed by atoms with Crippen molar-refractivity contribution in [1.82, 2.24) is 5.32 Å². The molecule has 0 heterocycles. The zero-order valence-corrected chi connectivity index (χ0v) is 9.68. The molecule has 0 aromatic rings. The molecule has 0 radical (unpaired) electrons. The predicted octanol–water partition coefficient (Wildman–Crippen LogP) is 1.18. The Morgan fingerprint density at radius 1 is 1.29 bits per heavy atom. The molecule has 3 N–H and O–H groups in total. The Labute approximate surface area is 87.4 Å². The highest BCUT2D eigenvalue weighted by atomic mass is 16.1. The van der Waals surface area contributed by atoms with E-state index < -0.39 is 0 Å². The van der Waals surface area contributed by atoms with Gasteiger partial charge < -0.3 is 11.1 Å². The van der Waals surface area contributed by atoms with Gasteiger partial charge in [-0.3, -0.25) is 4.79 Å². The summed E-state index contributed by atoms with van der Waals surface area (Å²) in [4.78, 5) is 11.4. The lowest BCUT2D eigenvalue weighted by Gasteiger charge is -2.14. The van der Waals surface area contributed by atoms with Crippen molar-refractivity contribution in [2.75, 3.05) is 19.6 Å². The van der Waals surface area contributed by atoms with Crippen molar-refractivity contribution < 1.29 is 4.79 Å². The smallest absolute Gasteiger partial charge is 0.134 e. The van der Waals surface area contributed by atoms with Crippen molar-refractivity contribution in [2.24, 2.45) is 17.6 Å². The van der Waals surface area contributed by atoms with Crippen LogP contribution in [0.2, 0.25) is 0 Å². The molecule has 0 fully saturated rings. The minimum absolute atomic E-state index is 0.357. The topological polar surface area (TPSA) is 55.1 Å². The van der Waals surface area contributed by atoms with E-state index in [0.717, 1.165) is 13.1 Å². The van der Waals surface area contributed by atoms with Crippen LogP contribution >= 0.6 is 0 Å². The largest absolute Gasteiger partial charge is 0.329 e. The first-order valence-electron chi connectivity index (χ1n) is 5.50. The van der Waals surface area contributed by atoms with Crippen LogP contribution in [0.15, 0.2) is 0 Å². The molecular weight excluding hydrogens is 176 g/mol. The van der Waals surface area contributed by atoms with Gasteiger partial charge in [0, 0.05) is 32.5 Å². The Bertz CT molecular complexity index is 157. The molecule has 0 aliphatic carbocycles. The molecule has 14 heavy (non-hydrogen) atoms. The van der Waals surface area contributed by atoms with Crippen molar-refractivity contribution in [3.8, 4) is 0 Å². The van der Waals surface area contributed by atoms with E-state index in [4.69, 9.17) is 5.73 Å². The van der Waals surface area contributed by atoms with Crippen LogP contribution in [-0.4, -0.2) is 25.4 Å². The SMILES string of the molecule is CC(C)C(C)CC(=O)CCNCCN. The van der Waals surface area contributed by atoms with E-state index in [-0.39, 0.29) is 0 Å². The van der Waals surface area contributed by atoms with Crippen molar-refractivity contribution in [3.05, 3.63) is 0 Å². The van der Waals surface area contributed by atoms with Crippen LogP contribution < -0.4 is 11.1 Å². The lowest BCUT2D eigenvalue weighted by atomic mass is 9.92. The van der Waals surface area contributed by atoms with Gasteiger partial charge >= 0.3 is 0 Å². The maximum atomic E-state index is 11.4. The zero-order valence-electron chi connectivity index (χ0n) is 9.68. The van der Waals surface area contributed by atoms with Crippen molar-refractivity contribution in [3.63, 3.8) is 0 Å². The van der Waals surface area contributed by atoms with E-state index in [2.05, 4.69) is 26.1 Å². The molecule has 0 saturated heterocycles. The second-order valence-corrected chi connectivity index (χ2v) is 4.25. The molecular formula is C11H24N2O. The number of nitrogens with two attached hydrogens (primary N) is 1. The van der Waals surface area contributed by atoms with Crippen LogP contribution in [0.3, 0.4) is 0 Å². The van der Waals surface area contributed by atoms with Gasteiger partial charge in [0.15, 0.2) is 0 Å². The van der Waals surface area contributed by atoms with Gasteiger partial charge in [0.1, 0.15) is 5.78 Å². The molecule has 3 nitrogen and oxygen atoms in total. The predicted molar refractivity (Wildman–Crippen MR) is 60.2 cm³/mol. The maximum Gasteiger partial charge on any atom is 0.134 e. The lowest BCUT2D eigenvalue weighted by molar-refractivity contribution is -0.120. The standard InChI is InChI=1S/C11H24N2O/c1-9(2)10(3)8-11(14)4-6-13-7-5-12/h9-10,13H,4-8,12H2,1-3H3. The van der Waals surface area contributed by atoms with Gasteiger partial charge in [-0.25, -0.2) is 0 Å². The number of carbonyl (C=O) groups excluding carboxylic acids is 1. The first-order chi connectivity index (χ1) is 6.57. The molecule has 0 aromatic heterocycles. The van der Waals surface area contributed by atoms with Gasteiger partial charge in [0.2, 0.25) is 0 Å². The normalized spacial score (nSPS) is 13.2. The molecule has 3 heteroatoms. The molecule has 0 spiro atoms. The fraction of sp³-hybridized carbons (Fsp3) is 0.909. The molecule has 0 aliphatic rings. The summed E-state index contributed by atoms with van der Waals surface area (Å²) in [6.45, 7) is 8.65. The summed E-state index contributed by atoms with van der Waals surface area (Å²) in [5.74, 6) is 1.45. The summed E-state index contributed by atoms with van der Waals surface area (Å²) in [6, 6.07) is 0. The summed E-state index contributed by atoms with van der Waals surface area (Å²) < 4.78 is 0. The van der Waals surface area contributed by atoms with Crippen molar-refractivity contribution >= 4 is 5.78 Å². The number of ketones is 1. The number of hydrogen-bond acceptors (Lipinski definition) is 3. The quantitative estimate of drug-likeness (QED) is 0.578. The van der Waals surface area contributed by atoms with E-state index in [0.29, 0.717) is 37.0 Å². The molecule has 1 unspecified atom stereocenters. The fourth-order valence-electron chi connectivity index (χ4n) is 1.15. The average Bonchev–Trinajstić information content (AvgIpc) is 2.12. The third kappa shape index (κ3) is 7.04. The Hall–Kier alpha value is -0.410. The number of nitrogens with one attached hydrogen (secondary N) is 1.